The third kappa shape index (κ3) is 4.78. The Morgan fingerprint density at radius 1 is 1.37 bits per heavy atom. The van der Waals surface area contributed by atoms with Crippen molar-refractivity contribution in [1.82, 2.24) is 20.1 Å². The zero-order valence-corrected chi connectivity index (χ0v) is 14.9. The van der Waals surface area contributed by atoms with Gasteiger partial charge >= 0.3 is 6.18 Å². The van der Waals surface area contributed by atoms with E-state index < -0.39 is 12.1 Å². The average molecular weight is 382 g/mol. The maximum atomic E-state index is 13.0. The molecule has 146 valence electrons. The van der Waals surface area contributed by atoms with Gasteiger partial charge in [0.25, 0.3) is 0 Å². The lowest BCUT2D eigenvalue weighted by atomic mass is 9.99. The van der Waals surface area contributed by atoms with Crippen LogP contribution in [0.5, 0.6) is 5.75 Å². The fraction of sp³-hybridized carbons (Fsp3) is 0.500. The number of aryl methyl sites for hydroxylation is 2. The van der Waals surface area contributed by atoms with Gasteiger partial charge in [-0.05, 0) is 30.5 Å². The summed E-state index contributed by atoms with van der Waals surface area (Å²) >= 11 is 0. The molecule has 9 heteroatoms. The van der Waals surface area contributed by atoms with Crippen LogP contribution >= 0.6 is 0 Å². The number of amides is 1. The van der Waals surface area contributed by atoms with Crippen LogP contribution in [0.3, 0.4) is 0 Å². The van der Waals surface area contributed by atoms with Gasteiger partial charge in [-0.25, -0.2) is 0 Å². The van der Waals surface area contributed by atoms with E-state index in [1.165, 1.54) is 4.57 Å². The molecule has 2 aromatic rings. The molecule has 0 saturated carbocycles. The number of methoxy groups -OCH3 is 1. The Morgan fingerprint density at radius 3 is 2.93 bits per heavy atom. The second kappa shape index (κ2) is 7.98. The van der Waals surface area contributed by atoms with Crippen molar-refractivity contribution in [3.05, 3.63) is 41.5 Å². The van der Waals surface area contributed by atoms with Crippen LogP contribution in [0.1, 0.15) is 30.1 Å². The maximum Gasteiger partial charge on any atom is 0.393 e. The number of nitrogens with one attached hydrogen (secondary N) is 1. The topological polar surface area (TPSA) is 69.0 Å². The van der Waals surface area contributed by atoms with Gasteiger partial charge in [0.2, 0.25) is 5.91 Å². The van der Waals surface area contributed by atoms with Crippen LogP contribution in [0, 0.1) is 5.92 Å². The van der Waals surface area contributed by atoms with Gasteiger partial charge in [-0.3, -0.25) is 4.79 Å². The molecule has 1 amide bonds. The quantitative estimate of drug-likeness (QED) is 0.834. The van der Waals surface area contributed by atoms with Crippen molar-refractivity contribution in [1.29, 1.82) is 0 Å². The number of hydrogen-bond donors (Lipinski definition) is 1. The Kier molecular flexibility index (Phi) is 5.67. The van der Waals surface area contributed by atoms with Crippen LogP contribution in [0.2, 0.25) is 0 Å². The molecule has 0 fully saturated rings. The highest BCUT2D eigenvalue weighted by Gasteiger charge is 2.42. The molecule has 1 N–H and O–H groups in total. The van der Waals surface area contributed by atoms with Crippen LogP contribution in [-0.2, 0) is 30.7 Å². The van der Waals surface area contributed by atoms with Crippen LogP contribution in [-0.4, -0.2) is 34.0 Å². The second-order valence-corrected chi connectivity index (χ2v) is 6.55. The third-order valence-electron chi connectivity index (χ3n) is 4.70. The first kappa shape index (κ1) is 19.2. The van der Waals surface area contributed by atoms with Crippen molar-refractivity contribution in [2.24, 2.45) is 5.92 Å². The second-order valence-electron chi connectivity index (χ2n) is 6.55. The van der Waals surface area contributed by atoms with E-state index in [-0.39, 0.29) is 38.3 Å². The number of fused-ring (bicyclic) bond motifs is 1. The molecule has 6 nitrogen and oxygen atoms in total. The Labute approximate surface area is 154 Å². The van der Waals surface area contributed by atoms with Crippen molar-refractivity contribution in [3.63, 3.8) is 0 Å². The SMILES string of the molecule is COc1cccc(CCC(=O)NCc2nnc3n2C[C@@H](C(F)(F)F)CC3)c1. The molecular formula is C18H21F3N4O2. The molecule has 1 aromatic carbocycles. The summed E-state index contributed by atoms with van der Waals surface area (Å²) in [5.74, 6) is 0.0221. The van der Waals surface area contributed by atoms with Crippen LogP contribution in [0.15, 0.2) is 24.3 Å². The van der Waals surface area contributed by atoms with E-state index in [0.717, 1.165) is 11.3 Å². The summed E-state index contributed by atoms with van der Waals surface area (Å²) in [4.78, 5) is 12.1. The molecule has 1 atom stereocenters. The molecule has 0 saturated heterocycles. The fourth-order valence-corrected chi connectivity index (χ4v) is 3.13. The van der Waals surface area contributed by atoms with Crippen molar-refractivity contribution in [3.8, 4) is 5.75 Å². The van der Waals surface area contributed by atoms with E-state index in [1.54, 1.807) is 7.11 Å². The Morgan fingerprint density at radius 2 is 2.19 bits per heavy atom. The van der Waals surface area contributed by atoms with Gasteiger partial charge in [-0.15, -0.1) is 10.2 Å². The molecule has 1 aromatic heterocycles. The summed E-state index contributed by atoms with van der Waals surface area (Å²) < 4.78 is 45.5. The number of alkyl halides is 3. The first-order valence-electron chi connectivity index (χ1n) is 8.74. The van der Waals surface area contributed by atoms with Crippen molar-refractivity contribution >= 4 is 5.91 Å². The molecule has 1 aliphatic heterocycles. The van der Waals surface area contributed by atoms with Gasteiger partial charge in [-0.1, -0.05) is 12.1 Å². The normalized spacial score (nSPS) is 16.7. The van der Waals surface area contributed by atoms with Crippen molar-refractivity contribution in [2.45, 2.75) is 44.9 Å². The average Bonchev–Trinajstić information content (AvgIpc) is 3.06. The van der Waals surface area contributed by atoms with E-state index in [9.17, 15) is 18.0 Å². The largest absolute Gasteiger partial charge is 0.497 e. The summed E-state index contributed by atoms with van der Waals surface area (Å²) in [5.41, 5.74) is 0.970. The Hall–Kier alpha value is -2.58. The molecule has 1 aliphatic rings. The summed E-state index contributed by atoms with van der Waals surface area (Å²) in [7, 11) is 1.58. The summed E-state index contributed by atoms with van der Waals surface area (Å²) in [6, 6.07) is 7.44. The zero-order chi connectivity index (χ0) is 19.4. The molecule has 0 unspecified atom stereocenters. The van der Waals surface area contributed by atoms with Crippen LogP contribution in [0.25, 0.3) is 0 Å². The number of hydrogen-bond acceptors (Lipinski definition) is 4. The number of rotatable bonds is 6. The maximum absolute atomic E-state index is 13.0. The number of aromatic nitrogens is 3. The molecular weight excluding hydrogens is 361 g/mol. The van der Waals surface area contributed by atoms with E-state index in [1.807, 2.05) is 24.3 Å². The number of nitrogens with zero attached hydrogens (tertiary/aromatic N) is 3. The monoisotopic (exact) mass is 382 g/mol. The predicted octanol–water partition coefficient (Wildman–Crippen LogP) is 2.66. The summed E-state index contributed by atoms with van der Waals surface area (Å²) in [5, 5.41) is 10.6. The molecule has 0 bridgehead atoms. The summed E-state index contributed by atoms with van der Waals surface area (Å²) in [6.45, 7) is -0.130. The van der Waals surface area contributed by atoms with Gasteiger partial charge in [0, 0.05) is 19.4 Å². The summed E-state index contributed by atoms with van der Waals surface area (Å²) in [6.07, 6.45) is -3.18. The third-order valence-corrected chi connectivity index (χ3v) is 4.70. The minimum Gasteiger partial charge on any atom is -0.497 e. The first-order valence-corrected chi connectivity index (χ1v) is 8.74. The van der Waals surface area contributed by atoms with Gasteiger partial charge in [-0.2, -0.15) is 13.2 Å². The van der Waals surface area contributed by atoms with E-state index in [4.69, 9.17) is 4.74 Å². The molecule has 0 radical (unpaired) electrons. The fourth-order valence-electron chi connectivity index (χ4n) is 3.13. The lowest BCUT2D eigenvalue weighted by Gasteiger charge is -2.26. The Bertz CT molecular complexity index is 804. The Balaban J connectivity index is 1.53. The first-order chi connectivity index (χ1) is 12.9. The van der Waals surface area contributed by atoms with Crippen molar-refractivity contribution < 1.29 is 22.7 Å². The number of carbonyl (C=O) groups excluding carboxylic acids is 1. The highest BCUT2D eigenvalue weighted by atomic mass is 19.4. The van der Waals surface area contributed by atoms with E-state index in [2.05, 4.69) is 15.5 Å². The number of halogens is 3. The van der Waals surface area contributed by atoms with Crippen LogP contribution in [0.4, 0.5) is 13.2 Å². The van der Waals surface area contributed by atoms with Gasteiger partial charge < -0.3 is 14.6 Å². The molecule has 0 aliphatic carbocycles. The van der Waals surface area contributed by atoms with Gasteiger partial charge in [0.1, 0.15) is 11.6 Å². The van der Waals surface area contributed by atoms with Gasteiger partial charge in [0.15, 0.2) is 5.82 Å². The number of benzene rings is 1. The van der Waals surface area contributed by atoms with Crippen LogP contribution < -0.4 is 10.1 Å². The molecule has 27 heavy (non-hydrogen) atoms. The lowest BCUT2D eigenvalue weighted by molar-refractivity contribution is -0.182. The molecule has 2 heterocycles. The standard InChI is InChI=1S/C18H21F3N4O2/c1-27-14-4-2-3-12(9-14)5-8-17(26)22-10-16-24-23-15-7-6-13(11-25(15)16)18(19,20)21/h2-4,9,13H,5-8,10-11H2,1H3,(H,22,26)/t13-/m0/s1. The lowest BCUT2D eigenvalue weighted by Crippen LogP contribution is -2.34. The highest BCUT2D eigenvalue weighted by molar-refractivity contribution is 5.76. The molecule has 0 spiro atoms. The van der Waals surface area contributed by atoms with Crippen molar-refractivity contribution in [2.75, 3.05) is 7.11 Å². The van der Waals surface area contributed by atoms with E-state index >= 15 is 0 Å². The minimum absolute atomic E-state index is 0.0224. The number of ether oxygens (including phenoxy) is 1. The zero-order valence-electron chi connectivity index (χ0n) is 14.9. The highest BCUT2D eigenvalue weighted by Crippen LogP contribution is 2.34. The predicted molar refractivity (Wildman–Crippen MR) is 91.0 cm³/mol. The minimum atomic E-state index is -4.24. The van der Waals surface area contributed by atoms with Gasteiger partial charge in [0.05, 0.1) is 19.6 Å². The molecule has 3 rings (SSSR count). The van der Waals surface area contributed by atoms with E-state index in [0.29, 0.717) is 18.1 Å². The number of carbonyl (C=O) groups is 1. The smallest absolute Gasteiger partial charge is 0.393 e.